The minimum absolute atomic E-state index is 0.0297. The molecule has 0 fully saturated rings. The van der Waals surface area contributed by atoms with Gasteiger partial charge in [-0.2, -0.15) is 0 Å². The van der Waals surface area contributed by atoms with Crippen LogP contribution in [0, 0.1) is 6.92 Å². The molecule has 1 aromatic carbocycles. The fourth-order valence-corrected chi connectivity index (χ4v) is 3.44. The monoisotopic (exact) mass is 380 g/mol. The number of hydrogen-bond donors (Lipinski definition) is 2. The lowest BCUT2D eigenvalue weighted by Gasteiger charge is -2.23. The maximum Gasteiger partial charge on any atom is 0.254 e. The van der Waals surface area contributed by atoms with Gasteiger partial charge in [0.1, 0.15) is 5.82 Å². The number of nitrogens with zero attached hydrogens (tertiary/aromatic N) is 2. The van der Waals surface area contributed by atoms with Crippen molar-refractivity contribution in [2.45, 2.75) is 39.3 Å². The van der Waals surface area contributed by atoms with Crippen molar-refractivity contribution in [2.24, 2.45) is 0 Å². The molecule has 0 saturated carbocycles. The number of hydrogen-bond acceptors (Lipinski definition) is 5. The smallest absolute Gasteiger partial charge is 0.254 e. The normalized spacial score (nSPS) is 13.8. The van der Waals surface area contributed by atoms with Crippen molar-refractivity contribution < 1.29 is 14.4 Å². The van der Waals surface area contributed by atoms with Crippen LogP contribution in [0.1, 0.15) is 41.3 Å². The van der Waals surface area contributed by atoms with Crippen molar-refractivity contribution in [1.29, 1.82) is 0 Å². The minimum atomic E-state index is -0.334. The average Bonchev–Trinajstić information content (AvgIpc) is 3.02. The highest BCUT2D eigenvalue weighted by Gasteiger charge is 2.31. The summed E-state index contributed by atoms with van der Waals surface area (Å²) in [5, 5.41) is 5.19. The van der Waals surface area contributed by atoms with Crippen LogP contribution in [0.4, 0.5) is 5.82 Å². The van der Waals surface area contributed by atoms with Crippen LogP contribution in [0.25, 0.3) is 11.3 Å². The van der Waals surface area contributed by atoms with Crippen molar-refractivity contribution in [2.75, 3.05) is 12.4 Å². The van der Waals surface area contributed by atoms with Crippen LogP contribution >= 0.6 is 0 Å². The number of benzene rings is 1. The second-order valence-corrected chi connectivity index (χ2v) is 7.04. The lowest BCUT2D eigenvalue weighted by atomic mass is 10.0. The summed E-state index contributed by atoms with van der Waals surface area (Å²) < 4.78 is 0. The van der Waals surface area contributed by atoms with Gasteiger partial charge in [-0.1, -0.05) is 6.07 Å². The lowest BCUT2D eigenvalue weighted by molar-refractivity contribution is -0.125. The summed E-state index contributed by atoms with van der Waals surface area (Å²) in [6.07, 6.45) is 1.08. The fraction of sp³-hybridized carbons (Fsp3) is 0.333. The highest BCUT2D eigenvalue weighted by atomic mass is 16.2. The molecule has 2 aromatic rings. The predicted molar refractivity (Wildman–Crippen MR) is 107 cm³/mol. The molecule has 146 valence electrons. The highest BCUT2D eigenvalue weighted by Crippen LogP contribution is 2.30. The quantitative estimate of drug-likeness (QED) is 0.720. The van der Waals surface area contributed by atoms with Crippen LogP contribution in [-0.4, -0.2) is 41.2 Å². The first kappa shape index (κ1) is 19.5. The molecule has 28 heavy (non-hydrogen) atoms. The van der Waals surface area contributed by atoms with Crippen molar-refractivity contribution in [3.05, 3.63) is 47.0 Å². The van der Waals surface area contributed by atoms with E-state index in [0.29, 0.717) is 24.9 Å². The molecule has 0 saturated heterocycles. The lowest BCUT2D eigenvalue weighted by Crippen LogP contribution is -2.34. The molecule has 1 unspecified atom stereocenters. The molecule has 3 rings (SSSR count). The Bertz CT molecular complexity index is 926. The number of imide groups is 1. The molecule has 0 bridgehead atoms. The van der Waals surface area contributed by atoms with E-state index in [1.807, 2.05) is 51.2 Å². The Morgan fingerprint density at radius 3 is 2.82 bits per heavy atom. The highest BCUT2D eigenvalue weighted by molar-refractivity contribution is 5.99. The van der Waals surface area contributed by atoms with Gasteiger partial charge in [-0.15, -0.1) is 0 Å². The van der Waals surface area contributed by atoms with Crippen LogP contribution in [0.3, 0.4) is 0 Å². The van der Waals surface area contributed by atoms with Gasteiger partial charge >= 0.3 is 0 Å². The summed E-state index contributed by atoms with van der Waals surface area (Å²) in [4.78, 5) is 40.9. The van der Waals surface area contributed by atoms with E-state index in [9.17, 15) is 14.4 Å². The fourth-order valence-electron chi connectivity index (χ4n) is 3.44. The maximum absolute atomic E-state index is 12.8. The van der Waals surface area contributed by atoms with Crippen LogP contribution in [0.5, 0.6) is 0 Å². The summed E-state index contributed by atoms with van der Waals surface area (Å²) in [6.45, 7) is 4.44. The number of fused-ring (bicyclic) bond motifs is 1. The zero-order valence-electron chi connectivity index (χ0n) is 16.3. The number of rotatable bonds is 7. The number of nitrogens with one attached hydrogen (secondary N) is 2. The average molecular weight is 380 g/mol. The van der Waals surface area contributed by atoms with Gasteiger partial charge in [0.25, 0.3) is 5.91 Å². The Labute approximate surface area is 164 Å². The Kier molecular flexibility index (Phi) is 5.73. The number of pyridine rings is 1. The van der Waals surface area contributed by atoms with E-state index in [1.165, 1.54) is 0 Å². The molecule has 0 spiro atoms. The summed E-state index contributed by atoms with van der Waals surface area (Å²) >= 11 is 0. The number of amides is 3. The summed E-state index contributed by atoms with van der Waals surface area (Å²) in [5.74, 6) is 0.438. The van der Waals surface area contributed by atoms with E-state index in [4.69, 9.17) is 0 Å². The maximum atomic E-state index is 12.8. The molecular weight excluding hydrogens is 356 g/mol. The Hall–Kier alpha value is -3.22. The Morgan fingerprint density at radius 1 is 1.32 bits per heavy atom. The van der Waals surface area contributed by atoms with Gasteiger partial charge < -0.3 is 10.2 Å². The zero-order valence-corrected chi connectivity index (χ0v) is 16.3. The zero-order chi connectivity index (χ0) is 20.3. The van der Waals surface area contributed by atoms with Crippen molar-refractivity contribution >= 4 is 24.0 Å². The first-order valence-electron chi connectivity index (χ1n) is 9.26. The van der Waals surface area contributed by atoms with E-state index < -0.39 is 0 Å². The second-order valence-electron chi connectivity index (χ2n) is 7.04. The Balaban J connectivity index is 1.78. The second kappa shape index (κ2) is 8.21. The van der Waals surface area contributed by atoms with Crippen LogP contribution < -0.4 is 10.6 Å². The van der Waals surface area contributed by atoms with Gasteiger partial charge in [0, 0.05) is 37.2 Å². The van der Waals surface area contributed by atoms with Gasteiger partial charge in [-0.25, -0.2) is 4.98 Å². The summed E-state index contributed by atoms with van der Waals surface area (Å²) in [6, 6.07) is 9.68. The van der Waals surface area contributed by atoms with E-state index in [2.05, 4.69) is 15.6 Å². The summed E-state index contributed by atoms with van der Waals surface area (Å²) in [5.41, 5.74) is 4.58. The topological polar surface area (TPSA) is 91.4 Å². The first-order valence-corrected chi connectivity index (χ1v) is 9.26. The van der Waals surface area contributed by atoms with Crippen LogP contribution in [0.15, 0.2) is 30.3 Å². The first-order chi connectivity index (χ1) is 13.4. The number of aryl methyl sites for hydroxylation is 1. The molecule has 2 heterocycles. The van der Waals surface area contributed by atoms with Gasteiger partial charge in [-0.05, 0) is 55.7 Å². The van der Waals surface area contributed by atoms with Gasteiger partial charge in [0.2, 0.25) is 12.3 Å². The Morgan fingerprint density at radius 2 is 2.11 bits per heavy atom. The minimum Gasteiger partial charge on any atom is -0.373 e. The molecule has 2 N–H and O–H groups in total. The molecule has 1 aromatic heterocycles. The number of carbonyl (C=O) groups is 3. The van der Waals surface area contributed by atoms with Crippen molar-refractivity contribution in [1.82, 2.24) is 15.2 Å². The van der Waals surface area contributed by atoms with Crippen LogP contribution in [0.2, 0.25) is 0 Å². The third-order valence-electron chi connectivity index (χ3n) is 5.00. The van der Waals surface area contributed by atoms with E-state index in [1.54, 1.807) is 4.90 Å². The van der Waals surface area contributed by atoms with Crippen molar-refractivity contribution in [3.63, 3.8) is 0 Å². The van der Waals surface area contributed by atoms with Gasteiger partial charge in [-0.3, -0.25) is 19.7 Å². The van der Waals surface area contributed by atoms with Crippen LogP contribution in [-0.2, 0) is 16.1 Å². The van der Waals surface area contributed by atoms with E-state index in [0.717, 1.165) is 28.2 Å². The third kappa shape index (κ3) is 4.03. The summed E-state index contributed by atoms with van der Waals surface area (Å²) in [7, 11) is 1.83. The SMILES string of the molecule is CNc1cc(C)cc(-c2ccc3c(c2)CN(C(C)CCC(=O)NC=O)C3=O)n1. The number of carbonyl (C=O) groups excluding carboxylic acids is 3. The third-order valence-corrected chi connectivity index (χ3v) is 5.00. The van der Waals surface area contributed by atoms with Gasteiger partial charge in [0.05, 0.1) is 5.69 Å². The number of anilines is 1. The molecule has 1 atom stereocenters. The van der Waals surface area contributed by atoms with Gasteiger partial charge in [0.15, 0.2) is 0 Å². The number of aromatic nitrogens is 1. The predicted octanol–water partition coefficient (Wildman–Crippen LogP) is 2.50. The molecule has 1 aliphatic heterocycles. The molecule has 7 heteroatoms. The largest absolute Gasteiger partial charge is 0.373 e. The molecule has 0 radical (unpaired) electrons. The standard InChI is InChI=1S/C21H24N4O3/c1-13-8-18(24-19(9-13)22-3)15-5-6-17-16(10-15)11-25(21(17)28)14(2)4-7-20(27)23-12-26/h5-6,8-10,12,14H,4,7,11H2,1-3H3,(H,22,24)(H,23,26,27). The molecule has 3 amide bonds. The van der Waals surface area contributed by atoms with E-state index >= 15 is 0 Å². The molecule has 7 nitrogen and oxygen atoms in total. The molecule has 0 aliphatic carbocycles. The molecule has 1 aliphatic rings. The van der Waals surface area contributed by atoms with E-state index in [-0.39, 0.29) is 24.3 Å². The molecular formula is C21H24N4O3. The van der Waals surface area contributed by atoms with Crippen molar-refractivity contribution in [3.8, 4) is 11.3 Å².